The number of carbonyl (C=O) groups excluding carboxylic acids is 1. The van der Waals surface area contributed by atoms with Crippen LogP contribution in [0.3, 0.4) is 0 Å². The molecule has 0 aliphatic rings. The number of rotatable bonds is 3. The minimum Gasteiger partial charge on any atom is -0.321 e. The molecule has 1 aromatic heterocycles. The van der Waals surface area contributed by atoms with Crippen LogP contribution in [-0.4, -0.2) is 10.5 Å². The maximum Gasteiger partial charge on any atom is 0.264 e. The number of anilines is 1. The van der Waals surface area contributed by atoms with Gasteiger partial charge in [-0.1, -0.05) is 30.3 Å². The van der Waals surface area contributed by atoms with E-state index in [0.717, 1.165) is 5.56 Å². The summed E-state index contributed by atoms with van der Waals surface area (Å²) in [5, 5.41) is 2.71. The summed E-state index contributed by atoms with van der Waals surface area (Å²) >= 11 is 3.16. The highest BCUT2D eigenvalue weighted by molar-refractivity contribution is 9.10. The first-order valence-electron chi connectivity index (χ1n) is 5.96. The number of aromatic nitrogens is 1. The van der Waals surface area contributed by atoms with Gasteiger partial charge in [0.05, 0.1) is 10.2 Å². The largest absolute Gasteiger partial charge is 0.321 e. The minimum absolute atomic E-state index is 0.150. The average Bonchev–Trinajstić information content (AvgIpc) is 2.43. The predicted octanol–water partition coefficient (Wildman–Crippen LogP) is 2.80. The number of pyridine rings is 1. The number of halogens is 1. The summed E-state index contributed by atoms with van der Waals surface area (Å²) in [4.78, 5) is 23.3. The van der Waals surface area contributed by atoms with Crippen LogP contribution in [0.15, 0.2) is 57.9 Å². The standard InChI is InChI=1S/C15H13BrN2O2/c1-18-10-12(9-13(16)15(18)20)17-14(19)8-7-11-5-3-2-4-6-11/h2-10H,1H3,(H,17,19). The lowest BCUT2D eigenvalue weighted by Gasteiger charge is -2.05. The van der Waals surface area contributed by atoms with Gasteiger partial charge < -0.3 is 9.88 Å². The van der Waals surface area contributed by atoms with Crippen molar-refractivity contribution in [1.82, 2.24) is 4.57 Å². The molecule has 0 atom stereocenters. The van der Waals surface area contributed by atoms with Crippen LogP contribution >= 0.6 is 15.9 Å². The highest BCUT2D eigenvalue weighted by atomic mass is 79.9. The number of hydrogen-bond acceptors (Lipinski definition) is 2. The van der Waals surface area contributed by atoms with E-state index in [9.17, 15) is 9.59 Å². The van der Waals surface area contributed by atoms with E-state index < -0.39 is 0 Å². The quantitative estimate of drug-likeness (QED) is 0.878. The second-order valence-corrected chi connectivity index (χ2v) is 5.08. The van der Waals surface area contributed by atoms with Gasteiger partial charge in [-0.25, -0.2) is 0 Å². The first kappa shape index (κ1) is 14.3. The Labute approximate surface area is 124 Å². The van der Waals surface area contributed by atoms with Gasteiger partial charge >= 0.3 is 0 Å². The Morgan fingerprint density at radius 3 is 2.65 bits per heavy atom. The maximum atomic E-state index is 11.8. The number of nitrogens with one attached hydrogen (secondary N) is 1. The van der Waals surface area contributed by atoms with Gasteiger partial charge in [0.1, 0.15) is 0 Å². The number of nitrogens with zero attached hydrogens (tertiary/aromatic N) is 1. The predicted molar refractivity (Wildman–Crippen MR) is 83.5 cm³/mol. The molecule has 102 valence electrons. The van der Waals surface area contributed by atoms with E-state index in [1.807, 2.05) is 30.3 Å². The molecule has 2 rings (SSSR count). The molecule has 0 fully saturated rings. The third-order valence-electron chi connectivity index (χ3n) is 2.63. The molecule has 0 saturated carbocycles. The average molecular weight is 333 g/mol. The Morgan fingerprint density at radius 1 is 1.30 bits per heavy atom. The zero-order chi connectivity index (χ0) is 14.5. The molecule has 0 spiro atoms. The summed E-state index contributed by atoms with van der Waals surface area (Å²) in [6.07, 6.45) is 4.75. The van der Waals surface area contributed by atoms with Gasteiger partial charge in [-0.15, -0.1) is 0 Å². The molecule has 20 heavy (non-hydrogen) atoms. The van der Waals surface area contributed by atoms with E-state index in [0.29, 0.717) is 10.2 Å². The molecule has 0 unspecified atom stereocenters. The second-order valence-electron chi connectivity index (χ2n) is 4.23. The van der Waals surface area contributed by atoms with E-state index in [1.54, 1.807) is 25.4 Å². The lowest BCUT2D eigenvalue weighted by atomic mass is 10.2. The van der Waals surface area contributed by atoms with E-state index in [-0.39, 0.29) is 11.5 Å². The van der Waals surface area contributed by atoms with Crippen molar-refractivity contribution in [2.24, 2.45) is 7.05 Å². The summed E-state index contributed by atoms with van der Waals surface area (Å²) in [6.45, 7) is 0. The van der Waals surface area contributed by atoms with Crippen LogP contribution in [0.1, 0.15) is 5.56 Å². The van der Waals surface area contributed by atoms with Crippen molar-refractivity contribution in [3.63, 3.8) is 0 Å². The van der Waals surface area contributed by atoms with E-state index in [1.165, 1.54) is 10.6 Å². The summed E-state index contributed by atoms with van der Waals surface area (Å²) in [7, 11) is 1.63. The monoisotopic (exact) mass is 332 g/mol. The first-order chi connectivity index (χ1) is 9.56. The SMILES string of the molecule is Cn1cc(NC(=O)C=Cc2ccccc2)cc(Br)c1=O. The topological polar surface area (TPSA) is 51.1 Å². The molecule has 0 aliphatic carbocycles. The molecule has 0 bridgehead atoms. The molecule has 0 saturated heterocycles. The Balaban J connectivity index is 2.09. The number of aryl methyl sites for hydroxylation is 1. The van der Waals surface area contributed by atoms with Gasteiger partial charge in [-0.3, -0.25) is 9.59 Å². The van der Waals surface area contributed by atoms with E-state index in [4.69, 9.17) is 0 Å². The summed E-state index contributed by atoms with van der Waals surface area (Å²) in [5.41, 5.74) is 1.36. The van der Waals surface area contributed by atoms with E-state index >= 15 is 0 Å². The van der Waals surface area contributed by atoms with Gasteiger partial charge in [-0.05, 0) is 33.6 Å². The maximum absolute atomic E-state index is 11.8. The molecule has 4 nitrogen and oxygen atoms in total. The normalized spacial score (nSPS) is 10.7. The molecule has 2 aromatic rings. The molecule has 5 heteroatoms. The smallest absolute Gasteiger partial charge is 0.264 e. The van der Waals surface area contributed by atoms with Crippen molar-refractivity contribution < 1.29 is 4.79 Å². The molecule has 1 N–H and O–H groups in total. The van der Waals surface area contributed by atoms with Gasteiger partial charge in [-0.2, -0.15) is 0 Å². The fraction of sp³-hybridized carbons (Fsp3) is 0.0667. The van der Waals surface area contributed by atoms with Crippen LogP contribution < -0.4 is 10.9 Å². The number of hydrogen-bond donors (Lipinski definition) is 1. The molecular formula is C15H13BrN2O2. The van der Waals surface area contributed by atoms with Crippen LogP contribution in [0.2, 0.25) is 0 Å². The Hall–Kier alpha value is -2.14. The molecule has 1 amide bonds. The lowest BCUT2D eigenvalue weighted by Crippen LogP contribution is -2.18. The summed E-state index contributed by atoms with van der Waals surface area (Å²) < 4.78 is 1.81. The zero-order valence-corrected chi connectivity index (χ0v) is 12.4. The third-order valence-corrected chi connectivity index (χ3v) is 3.20. The molecule has 0 radical (unpaired) electrons. The Morgan fingerprint density at radius 2 is 2.00 bits per heavy atom. The van der Waals surface area contributed by atoms with Crippen LogP contribution in [0, 0.1) is 0 Å². The van der Waals surface area contributed by atoms with Crippen molar-refractivity contribution in [1.29, 1.82) is 0 Å². The van der Waals surface area contributed by atoms with E-state index in [2.05, 4.69) is 21.2 Å². The van der Waals surface area contributed by atoms with Crippen LogP contribution in [0.25, 0.3) is 6.08 Å². The second kappa shape index (κ2) is 6.34. The zero-order valence-electron chi connectivity index (χ0n) is 10.8. The lowest BCUT2D eigenvalue weighted by molar-refractivity contribution is -0.111. The Bertz CT molecular complexity index is 679. The summed E-state index contributed by atoms with van der Waals surface area (Å²) in [6, 6.07) is 11.1. The molecular weight excluding hydrogens is 320 g/mol. The number of amides is 1. The highest BCUT2D eigenvalue weighted by Crippen LogP contribution is 2.11. The molecule has 1 heterocycles. The van der Waals surface area contributed by atoms with Gasteiger partial charge in [0.25, 0.3) is 5.56 Å². The van der Waals surface area contributed by atoms with Crippen molar-refractivity contribution in [3.05, 3.63) is 69.1 Å². The molecule has 0 aliphatic heterocycles. The van der Waals surface area contributed by atoms with Gasteiger partial charge in [0.2, 0.25) is 5.91 Å². The van der Waals surface area contributed by atoms with Gasteiger partial charge in [0, 0.05) is 19.3 Å². The van der Waals surface area contributed by atoms with Crippen LogP contribution in [0.4, 0.5) is 5.69 Å². The highest BCUT2D eigenvalue weighted by Gasteiger charge is 2.03. The fourth-order valence-corrected chi connectivity index (χ4v) is 2.19. The molecule has 1 aromatic carbocycles. The van der Waals surface area contributed by atoms with Crippen molar-refractivity contribution in [2.45, 2.75) is 0 Å². The first-order valence-corrected chi connectivity index (χ1v) is 6.76. The van der Waals surface area contributed by atoms with Crippen LogP contribution in [0.5, 0.6) is 0 Å². The third kappa shape index (κ3) is 3.68. The Kier molecular flexibility index (Phi) is 4.53. The van der Waals surface area contributed by atoms with Crippen molar-refractivity contribution >= 4 is 33.6 Å². The minimum atomic E-state index is -0.251. The van der Waals surface area contributed by atoms with Crippen LogP contribution in [-0.2, 0) is 11.8 Å². The van der Waals surface area contributed by atoms with Crippen molar-refractivity contribution in [2.75, 3.05) is 5.32 Å². The van der Waals surface area contributed by atoms with Crippen molar-refractivity contribution in [3.8, 4) is 0 Å². The number of benzene rings is 1. The summed E-state index contributed by atoms with van der Waals surface area (Å²) in [5.74, 6) is -0.251. The fourth-order valence-electron chi connectivity index (χ4n) is 1.66. The van der Waals surface area contributed by atoms with Gasteiger partial charge in [0.15, 0.2) is 0 Å². The number of carbonyl (C=O) groups is 1.